The lowest BCUT2D eigenvalue weighted by Crippen LogP contribution is -2.24. The van der Waals surface area contributed by atoms with Crippen LogP contribution in [-0.4, -0.2) is 26.2 Å². The standard InChI is InChI=1S/C12H16BrNO3/c1-3-14-12(15)6-7-17-11-5-4-9(16-2)8-10(11)13/h4-5,8H,3,6-7H2,1-2H3,(H,14,15). The Hall–Kier alpha value is -1.23. The van der Waals surface area contributed by atoms with E-state index in [1.807, 2.05) is 19.1 Å². The van der Waals surface area contributed by atoms with Crippen LogP contribution in [0.5, 0.6) is 11.5 Å². The molecule has 1 aromatic carbocycles. The van der Waals surface area contributed by atoms with Crippen molar-refractivity contribution in [1.29, 1.82) is 0 Å². The molecular formula is C12H16BrNO3. The van der Waals surface area contributed by atoms with Crippen molar-refractivity contribution < 1.29 is 14.3 Å². The Kier molecular flexibility index (Phi) is 5.83. The first-order valence-corrected chi connectivity index (χ1v) is 6.19. The van der Waals surface area contributed by atoms with Crippen LogP contribution in [0, 0.1) is 0 Å². The van der Waals surface area contributed by atoms with Gasteiger partial charge in [0.1, 0.15) is 11.5 Å². The zero-order valence-corrected chi connectivity index (χ0v) is 11.5. The molecule has 0 atom stereocenters. The van der Waals surface area contributed by atoms with Gasteiger partial charge in [-0.15, -0.1) is 0 Å². The van der Waals surface area contributed by atoms with Crippen LogP contribution in [-0.2, 0) is 4.79 Å². The molecule has 0 fully saturated rings. The maximum Gasteiger partial charge on any atom is 0.223 e. The van der Waals surface area contributed by atoms with Crippen LogP contribution >= 0.6 is 15.9 Å². The summed E-state index contributed by atoms with van der Waals surface area (Å²) >= 11 is 3.38. The summed E-state index contributed by atoms with van der Waals surface area (Å²) in [4.78, 5) is 11.2. The maximum atomic E-state index is 11.2. The van der Waals surface area contributed by atoms with Gasteiger partial charge in [-0.2, -0.15) is 0 Å². The number of ether oxygens (including phenoxy) is 2. The minimum absolute atomic E-state index is 0.00265. The van der Waals surface area contributed by atoms with E-state index in [4.69, 9.17) is 9.47 Å². The highest BCUT2D eigenvalue weighted by Crippen LogP contribution is 2.29. The van der Waals surface area contributed by atoms with E-state index in [9.17, 15) is 4.79 Å². The molecule has 0 spiro atoms. The summed E-state index contributed by atoms with van der Waals surface area (Å²) in [5.74, 6) is 1.46. The number of methoxy groups -OCH3 is 1. The zero-order valence-electron chi connectivity index (χ0n) is 9.96. The first kappa shape index (κ1) is 13.8. The number of carbonyl (C=O) groups is 1. The molecule has 1 aromatic rings. The Morgan fingerprint density at radius 3 is 2.82 bits per heavy atom. The predicted octanol–water partition coefficient (Wildman–Crippen LogP) is 2.36. The first-order chi connectivity index (χ1) is 8.17. The van der Waals surface area contributed by atoms with Crippen molar-refractivity contribution in [3.8, 4) is 11.5 Å². The number of benzene rings is 1. The molecule has 0 aliphatic carbocycles. The smallest absolute Gasteiger partial charge is 0.223 e. The molecule has 17 heavy (non-hydrogen) atoms. The van der Waals surface area contributed by atoms with Gasteiger partial charge >= 0.3 is 0 Å². The van der Waals surface area contributed by atoms with Gasteiger partial charge in [0, 0.05) is 6.54 Å². The molecule has 0 bridgehead atoms. The number of hydrogen-bond acceptors (Lipinski definition) is 3. The van der Waals surface area contributed by atoms with Gasteiger partial charge in [0.25, 0.3) is 0 Å². The molecular weight excluding hydrogens is 286 g/mol. The summed E-state index contributed by atoms with van der Waals surface area (Å²) in [6.07, 6.45) is 0.353. The molecule has 0 unspecified atom stereocenters. The van der Waals surface area contributed by atoms with Crippen LogP contribution in [0.2, 0.25) is 0 Å². The number of carbonyl (C=O) groups excluding carboxylic acids is 1. The van der Waals surface area contributed by atoms with Crippen LogP contribution < -0.4 is 14.8 Å². The molecule has 5 heteroatoms. The molecule has 0 aliphatic rings. The van der Waals surface area contributed by atoms with Gasteiger partial charge < -0.3 is 14.8 Å². The second kappa shape index (κ2) is 7.17. The number of halogens is 1. The molecule has 1 rings (SSSR count). The highest BCUT2D eigenvalue weighted by molar-refractivity contribution is 9.10. The molecule has 0 heterocycles. The SMILES string of the molecule is CCNC(=O)CCOc1ccc(OC)cc1Br. The third kappa shape index (κ3) is 4.65. The van der Waals surface area contributed by atoms with Gasteiger partial charge in [0.15, 0.2) is 0 Å². The number of hydrogen-bond donors (Lipinski definition) is 1. The van der Waals surface area contributed by atoms with E-state index in [-0.39, 0.29) is 5.91 Å². The molecule has 1 amide bonds. The minimum atomic E-state index is -0.00265. The molecule has 0 aromatic heterocycles. The van der Waals surface area contributed by atoms with Crippen LogP contribution in [0.1, 0.15) is 13.3 Å². The maximum absolute atomic E-state index is 11.2. The van der Waals surface area contributed by atoms with Gasteiger partial charge in [-0.3, -0.25) is 4.79 Å². The zero-order chi connectivity index (χ0) is 12.7. The lowest BCUT2D eigenvalue weighted by molar-refractivity contribution is -0.121. The molecule has 0 radical (unpaired) electrons. The molecule has 1 N–H and O–H groups in total. The number of rotatable bonds is 6. The van der Waals surface area contributed by atoms with Crippen LogP contribution in [0.3, 0.4) is 0 Å². The van der Waals surface area contributed by atoms with Crippen LogP contribution in [0.25, 0.3) is 0 Å². The Labute approximate surface area is 109 Å². The van der Waals surface area contributed by atoms with E-state index in [1.54, 1.807) is 13.2 Å². The van der Waals surface area contributed by atoms with Gasteiger partial charge in [-0.25, -0.2) is 0 Å². The van der Waals surface area contributed by atoms with Crippen molar-refractivity contribution in [2.24, 2.45) is 0 Å². The normalized spacial score (nSPS) is 9.82. The van der Waals surface area contributed by atoms with E-state index in [0.29, 0.717) is 25.3 Å². The van der Waals surface area contributed by atoms with Gasteiger partial charge in [-0.1, -0.05) is 0 Å². The second-order valence-electron chi connectivity index (χ2n) is 3.35. The summed E-state index contributed by atoms with van der Waals surface area (Å²) in [6.45, 7) is 2.89. The third-order valence-electron chi connectivity index (χ3n) is 2.10. The van der Waals surface area contributed by atoms with Crippen LogP contribution in [0.4, 0.5) is 0 Å². The number of amides is 1. The molecule has 0 aliphatic heterocycles. The fraction of sp³-hybridized carbons (Fsp3) is 0.417. The summed E-state index contributed by atoms with van der Waals surface area (Å²) in [6, 6.07) is 5.44. The lowest BCUT2D eigenvalue weighted by atomic mass is 10.3. The Morgan fingerprint density at radius 1 is 1.47 bits per heavy atom. The molecule has 0 saturated carbocycles. The van der Waals surface area contributed by atoms with E-state index in [1.165, 1.54) is 0 Å². The quantitative estimate of drug-likeness (QED) is 0.877. The summed E-state index contributed by atoms with van der Waals surface area (Å²) in [7, 11) is 1.61. The first-order valence-electron chi connectivity index (χ1n) is 5.40. The average Bonchev–Trinajstić information content (AvgIpc) is 2.31. The van der Waals surface area contributed by atoms with Crippen molar-refractivity contribution >= 4 is 21.8 Å². The lowest BCUT2D eigenvalue weighted by Gasteiger charge is -2.09. The average molecular weight is 302 g/mol. The van der Waals surface area contributed by atoms with Gasteiger partial charge in [0.05, 0.1) is 24.6 Å². The molecule has 94 valence electrons. The predicted molar refractivity (Wildman–Crippen MR) is 69.5 cm³/mol. The summed E-state index contributed by atoms with van der Waals surface area (Å²) in [5.41, 5.74) is 0. The van der Waals surface area contributed by atoms with Crippen molar-refractivity contribution in [2.75, 3.05) is 20.3 Å². The summed E-state index contributed by atoms with van der Waals surface area (Å²) in [5, 5.41) is 2.71. The van der Waals surface area contributed by atoms with Crippen LogP contribution in [0.15, 0.2) is 22.7 Å². The highest BCUT2D eigenvalue weighted by Gasteiger charge is 2.04. The second-order valence-corrected chi connectivity index (χ2v) is 4.20. The third-order valence-corrected chi connectivity index (χ3v) is 2.72. The van der Waals surface area contributed by atoms with Gasteiger partial charge in [0.2, 0.25) is 5.91 Å². The van der Waals surface area contributed by atoms with Gasteiger partial charge in [-0.05, 0) is 41.1 Å². The van der Waals surface area contributed by atoms with E-state index >= 15 is 0 Å². The number of nitrogens with one attached hydrogen (secondary N) is 1. The van der Waals surface area contributed by atoms with Crippen molar-refractivity contribution in [3.05, 3.63) is 22.7 Å². The highest BCUT2D eigenvalue weighted by atomic mass is 79.9. The topological polar surface area (TPSA) is 47.6 Å². The fourth-order valence-electron chi connectivity index (χ4n) is 1.26. The monoisotopic (exact) mass is 301 g/mol. The molecule has 4 nitrogen and oxygen atoms in total. The Bertz CT molecular complexity index is 382. The summed E-state index contributed by atoms with van der Waals surface area (Å²) < 4.78 is 11.4. The van der Waals surface area contributed by atoms with Crippen molar-refractivity contribution in [2.45, 2.75) is 13.3 Å². The van der Waals surface area contributed by atoms with Crippen molar-refractivity contribution in [1.82, 2.24) is 5.32 Å². The fourth-order valence-corrected chi connectivity index (χ4v) is 1.74. The van der Waals surface area contributed by atoms with E-state index in [0.717, 1.165) is 10.2 Å². The van der Waals surface area contributed by atoms with E-state index < -0.39 is 0 Å². The Morgan fingerprint density at radius 2 is 2.24 bits per heavy atom. The molecule has 0 saturated heterocycles. The van der Waals surface area contributed by atoms with Crippen molar-refractivity contribution in [3.63, 3.8) is 0 Å². The van der Waals surface area contributed by atoms with E-state index in [2.05, 4.69) is 21.2 Å². The Balaban J connectivity index is 2.44. The largest absolute Gasteiger partial charge is 0.497 e. The minimum Gasteiger partial charge on any atom is -0.497 e.